The number of hydrogen-bond donors (Lipinski definition) is 1. The maximum atomic E-state index is 11.8. The monoisotopic (exact) mass is 217 g/mol. The van der Waals surface area contributed by atoms with Gasteiger partial charge in [0.05, 0.1) is 11.1 Å². The van der Waals surface area contributed by atoms with E-state index in [-0.39, 0.29) is 11.0 Å². The second-order valence-electron chi connectivity index (χ2n) is 3.79. The lowest BCUT2D eigenvalue weighted by Gasteiger charge is -2.07. The van der Waals surface area contributed by atoms with Crippen LogP contribution in [0.15, 0.2) is 29.2 Å². The van der Waals surface area contributed by atoms with E-state index in [1.165, 1.54) is 12.1 Å². The third kappa shape index (κ3) is 1.48. The summed E-state index contributed by atoms with van der Waals surface area (Å²) in [6, 6.07) is 4.53. The fourth-order valence-electron chi connectivity index (χ4n) is 1.78. The minimum Gasteiger partial charge on any atom is -0.478 e. The van der Waals surface area contributed by atoms with Crippen molar-refractivity contribution < 1.29 is 9.90 Å². The molecular weight excluding hydrogens is 206 g/mol. The number of pyridine rings is 1. The molecule has 0 atom stereocenters. The average molecular weight is 217 g/mol. The molecule has 82 valence electrons. The van der Waals surface area contributed by atoms with E-state index >= 15 is 0 Å². The van der Waals surface area contributed by atoms with Gasteiger partial charge in [0, 0.05) is 24.2 Å². The van der Waals surface area contributed by atoms with E-state index in [0.717, 1.165) is 0 Å². The van der Waals surface area contributed by atoms with Gasteiger partial charge in [-0.25, -0.2) is 4.79 Å². The van der Waals surface area contributed by atoms with Gasteiger partial charge in [0.1, 0.15) is 0 Å². The molecule has 0 saturated heterocycles. The predicted molar refractivity (Wildman–Crippen MR) is 60.9 cm³/mol. The highest BCUT2D eigenvalue weighted by Crippen LogP contribution is 2.13. The third-order valence-electron chi connectivity index (χ3n) is 2.61. The van der Waals surface area contributed by atoms with Crippen LogP contribution in [0.4, 0.5) is 0 Å². The van der Waals surface area contributed by atoms with E-state index in [0.29, 0.717) is 16.5 Å². The Labute approximate surface area is 91.8 Å². The van der Waals surface area contributed by atoms with Crippen molar-refractivity contribution in [3.05, 3.63) is 45.7 Å². The molecule has 2 rings (SSSR count). The van der Waals surface area contributed by atoms with Gasteiger partial charge >= 0.3 is 5.97 Å². The number of carbonyl (C=O) groups is 1. The Hall–Kier alpha value is -2.10. The third-order valence-corrected chi connectivity index (χ3v) is 2.61. The van der Waals surface area contributed by atoms with Gasteiger partial charge in [-0.05, 0) is 25.1 Å². The standard InChI is InChI=1S/C12H11NO3/c1-7-6-13(2)10-5-8(12(15)16)3-4-9(10)11(7)14/h3-6H,1-2H3,(H,15,16). The Bertz CT molecular complexity index is 640. The number of hydrogen-bond acceptors (Lipinski definition) is 2. The molecule has 16 heavy (non-hydrogen) atoms. The quantitative estimate of drug-likeness (QED) is 0.788. The van der Waals surface area contributed by atoms with Gasteiger partial charge in [0.15, 0.2) is 5.43 Å². The SMILES string of the molecule is Cc1cn(C)c2cc(C(=O)O)ccc2c1=O. The summed E-state index contributed by atoms with van der Waals surface area (Å²) in [5.74, 6) is -0.991. The average Bonchev–Trinajstić information content (AvgIpc) is 2.25. The zero-order valence-corrected chi connectivity index (χ0v) is 9.02. The topological polar surface area (TPSA) is 59.3 Å². The van der Waals surface area contributed by atoms with Gasteiger partial charge in [0.2, 0.25) is 0 Å². The maximum absolute atomic E-state index is 11.8. The maximum Gasteiger partial charge on any atom is 0.335 e. The fourth-order valence-corrected chi connectivity index (χ4v) is 1.78. The Morgan fingerprint density at radius 2 is 2.06 bits per heavy atom. The summed E-state index contributed by atoms with van der Waals surface area (Å²) in [6.07, 6.45) is 1.70. The van der Waals surface area contributed by atoms with Crippen LogP contribution in [0.2, 0.25) is 0 Å². The lowest BCUT2D eigenvalue weighted by Crippen LogP contribution is -2.11. The molecule has 0 bridgehead atoms. The van der Waals surface area contributed by atoms with Gasteiger partial charge in [0.25, 0.3) is 0 Å². The molecule has 1 aromatic heterocycles. The number of rotatable bonds is 1. The molecule has 0 fully saturated rings. The lowest BCUT2D eigenvalue weighted by atomic mass is 10.1. The second kappa shape index (κ2) is 3.48. The number of fused-ring (bicyclic) bond motifs is 1. The fraction of sp³-hybridized carbons (Fsp3) is 0.167. The normalized spacial score (nSPS) is 10.6. The number of aromatic nitrogens is 1. The first-order chi connectivity index (χ1) is 7.50. The molecule has 4 heteroatoms. The van der Waals surface area contributed by atoms with E-state index in [2.05, 4.69) is 0 Å². The van der Waals surface area contributed by atoms with Crippen molar-refractivity contribution in [3.8, 4) is 0 Å². The summed E-state index contributed by atoms with van der Waals surface area (Å²) in [5, 5.41) is 9.42. The second-order valence-corrected chi connectivity index (χ2v) is 3.79. The van der Waals surface area contributed by atoms with Crippen molar-refractivity contribution in [3.63, 3.8) is 0 Å². The Morgan fingerprint density at radius 3 is 2.69 bits per heavy atom. The Morgan fingerprint density at radius 1 is 1.38 bits per heavy atom. The van der Waals surface area contributed by atoms with Gasteiger partial charge in [-0.3, -0.25) is 4.79 Å². The zero-order chi connectivity index (χ0) is 11.9. The minimum absolute atomic E-state index is 0.0509. The van der Waals surface area contributed by atoms with Crippen molar-refractivity contribution in [2.24, 2.45) is 7.05 Å². The number of aryl methyl sites for hydroxylation is 2. The molecule has 1 aromatic carbocycles. The molecule has 0 saturated carbocycles. The van der Waals surface area contributed by atoms with Crippen molar-refractivity contribution in [2.75, 3.05) is 0 Å². The first kappa shape index (κ1) is 10.4. The molecule has 1 N–H and O–H groups in total. The Kier molecular flexibility index (Phi) is 2.27. The van der Waals surface area contributed by atoms with Crippen LogP contribution in [0.25, 0.3) is 10.9 Å². The van der Waals surface area contributed by atoms with Crippen LogP contribution in [-0.2, 0) is 7.05 Å². The summed E-state index contributed by atoms with van der Waals surface area (Å²) in [4.78, 5) is 22.6. The summed E-state index contributed by atoms with van der Waals surface area (Å²) in [7, 11) is 1.79. The summed E-state index contributed by atoms with van der Waals surface area (Å²) >= 11 is 0. The van der Waals surface area contributed by atoms with E-state index in [9.17, 15) is 9.59 Å². The van der Waals surface area contributed by atoms with Crippen molar-refractivity contribution in [2.45, 2.75) is 6.92 Å². The van der Waals surface area contributed by atoms with Crippen LogP contribution in [-0.4, -0.2) is 15.6 Å². The molecule has 4 nitrogen and oxygen atoms in total. The van der Waals surface area contributed by atoms with E-state index in [1.54, 1.807) is 30.8 Å². The molecular formula is C12H11NO3. The van der Waals surface area contributed by atoms with Crippen molar-refractivity contribution in [1.29, 1.82) is 0 Å². The van der Waals surface area contributed by atoms with E-state index in [4.69, 9.17) is 5.11 Å². The van der Waals surface area contributed by atoms with Crippen LogP contribution in [0, 0.1) is 6.92 Å². The van der Waals surface area contributed by atoms with Crippen LogP contribution in [0.1, 0.15) is 15.9 Å². The molecule has 0 aliphatic rings. The van der Waals surface area contributed by atoms with Crippen molar-refractivity contribution in [1.82, 2.24) is 4.57 Å². The number of carboxylic acids is 1. The van der Waals surface area contributed by atoms with Gasteiger partial charge < -0.3 is 9.67 Å². The molecule has 0 unspecified atom stereocenters. The lowest BCUT2D eigenvalue weighted by molar-refractivity contribution is 0.0697. The Balaban J connectivity index is 2.90. The van der Waals surface area contributed by atoms with Gasteiger partial charge in [-0.1, -0.05) is 0 Å². The summed E-state index contributed by atoms with van der Waals surface area (Å²) in [5.41, 5.74) is 1.42. The van der Waals surface area contributed by atoms with Crippen molar-refractivity contribution >= 4 is 16.9 Å². The number of nitrogens with zero attached hydrogens (tertiary/aromatic N) is 1. The molecule has 0 radical (unpaired) electrons. The highest BCUT2D eigenvalue weighted by molar-refractivity contribution is 5.93. The first-order valence-corrected chi connectivity index (χ1v) is 4.84. The predicted octanol–water partition coefficient (Wildman–Crippen LogP) is 1.55. The minimum atomic E-state index is -0.991. The smallest absolute Gasteiger partial charge is 0.335 e. The summed E-state index contributed by atoms with van der Waals surface area (Å²) < 4.78 is 1.76. The molecule has 0 aliphatic carbocycles. The number of carboxylic acid groups (broad SMARTS) is 1. The van der Waals surface area contributed by atoms with Crippen LogP contribution in [0.5, 0.6) is 0 Å². The summed E-state index contributed by atoms with van der Waals surface area (Å²) in [6.45, 7) is 1.74. The zero-order valence-electron chi connectivity index (χ0n) is 9.02. The number of benzene rings is 1. The number of aromatic carboxylic acids is 1. The molecule has 0 amide bonds. The molecule has 0 aliphatic heterocycles. The first-order valence-electron chi connectivity index (χ1n) is 4.84. The van der Waals surface area contributed by atoms with Crippen LogP contribution >= 0.6 is 0 Å². The highest BCUT2D eigenvalue weighted by atomic mass is 16.4. The van der Waals surface area contributed by atoms with Gasteiger partial charge in [-0.2, -0.15) is 0 Å². The molecule has 1 heterocycles. The molecule has 0 spiro atoms. The van der Waals surface area contributed by atoms with E-state index in [1.807, 2.05) is 0 Å². The van der Waals surface area contributed by atoms with Crippen LogP contribution in [0.3, 0.4) is 0 Å². The highest BCUT2D eigenvalue weighted by Gasteiger charge is 2.08. The van der Waals surface area contributed by atoms with E-state index < -0.39 is 5.97 Å². The largest absolute Gasteiger partial charge is 0.478 e. The van der Waals surface area contributed by atoms with Gasteiger partial charge in [-0.15, -0.1) is 0 Å². The van der Waals surface area contributed by atoms with Crippen LogP contribution < -0.4 is 5.43 Å². The molecule has 2 aromatic rings.